The number of esters is 1. The normalized spacial score (nSPS) is 13.4. The van der Waals surface area contributed by atoms with E-state index in [9.17, 15) is 9.59 Å². The minimum Gasteiger partial charge on any atom is -0.457 e. The standard InChI is InChI=1S/C22H31N3O4.C2H6/c1-22(2,3)21(27)29-16-28-19-11-6-5-10-18(19)20(26)24-15-25(4)14-12-17-9-7-8-13-23-17;1-2/h7-11,13H,5-6,12,14-16H2,1-4H3,(H,24,26);1-2H3. The maximum absolute atomic E-state index is 12.6. The summed E-state index contributed by atoms with van der Waals surface area (Å²) in [6.45, 7) is 10.3. The minimum atomic E-state index is -0.597. The maximum Gasteiger partial charge on any atom is 0.314 e. The lowest BCUT2D eigenvalue weighted by molar-refractivity contribution is -0.162. The van der Waals surface area contributed by atoms with Crippen molar-refractivity contribution in [3.05, 3.63) is 53.6 Å². The molecule has 2 rings (SSSR count). The van der Waals surface area contributed by atoms with Crippen LogP contribution in [-0.4, -0.2) is 48.8 Å². The smallest absolute Gasteiger partial charge is 0.314 e. The third kappa shape index (κ3) is 9.79. The second-order valence-electron chi connectivity index (χ2n) is 8.02. The number of carbonyl (C=O) groups is 2. The van der Waals surface area contributed by atoms with E-state index in [0.29, 0.717) is 18.0 Å². The molecule has 1 N–H and O–H groups in total. The molecule has 0 saturated heterocycles. The van der Waals surface area contributed by atoms with Crippen molar-refractivity contribution in [2.45, 2.75) is 53.9 Å². The molecule has 0 atom stereocenters. The van der Waals surface area contributed by atoms with Crippen LogP contribution in [0.5, 0.6) is 0 Å². The minimum absolute atomic E-state index is 0.206. The first kappa shape index (κ1) is 26.4. The van der Waals surface area contributed by atoms with Crippen molar-refractivity contribution in [1.82, 2.24) is 15.2 Å². The van der Waals surface area contributed by atoms with Gasteiger partial charge in [-0.2, -0.15) is 0 Å². The molecule has 0 bridgehead atoms. The molecule has 0 aliphatic heterocycles. The number of pyridine rings is 1. The lowest BCUT2D eigenvalue weighted by Crippen LogP contribution is -2.37. The Hall–Kier alpha value is -2.67. The Morgan fingerprint density at radius 3 is 2.52 bits per heavy atom. The molecule has 0 fully saturated rings. The van der Waals surface area contributed by atoms with E-state index in [2.05, 4.69) is 10.3 Å². The van der Waals surface area contributed by atoms with Gasteiger partial charge < -0.3 is 14.8 Å². The molecular weight excluding hydrogens is 394 g/mol. The number of aromatic nitrogens is 1. The number of likely N-dealkylation sites (N-methyl/N-ethyl adjacent to an activating group) is 1. The van der Waals surface area contributed by atoms with E-state index in [1.54, 1.807) is 27.0 Å². The molecule has 0 unspecified atom stereocenters. The number of carbonyl (C=O) groups excluding carboxylic acids is 2. The highest BCUT2D eigenvalue weighted by Gasteiger charge is 2.24. The summed E-state index contributed by atoms with van der Waals surface area (Å²) in [7, 11) is 1.94. The molecular formula is C24H37N3O4. The first-order chi connectivity index (χ1) is 14.8. The van der Waals surface area contributed by atoms with Gasteiger partial charge in [0.2, 0.25) is 6.79 Å². The molecule has 7 heteroatoms. The van der Waals surface area contributed by atoms with Gasteiger partial charge in [0, 0.05) is 24.9 Å². The summed E-state index contributed by atoms with van der Waals surface area (Å²) in [5, 5.41) is 2.91. The van der Waals surface area contributed by atoms with Gasteiger partial charge in [-0.15, -0.1) is 0 Å². The third-order valence-electron chi connectivity index (χ3n) is 4.36. The average Bonchev–Trinajstić information content (AvgIpc) is 2.77. The SMILES string of the molecule is CC.CN(CCc1ccccn1)CNC(=O)C1=CCCC=C1OCOC(=O)C(C)(C)C. The van der Waals surface area contributed by atoms with Crippen molar-refractivity contribution in [3.8, 4) is 0 Å². The number of hydrogen-bond acceptors (Lipinski definition) is 6. The second kappa shape index (κ2) is 13.6. The van der Waals surface area contributed by atoms with E-state index in [4.69, 9.17) is 9.47 Å². The highest BCUT2D eigenvalue weighted by Crippen LogP contribution is 2.21. The van der Waals surface area contributed by atoms with Crippen molar-refractivity contribution in [2.75, 3.05) is 27.1 Å². The summed E-state index contributed by atoms with van der Waals surface area (Å²) in [5.41, 5.74) is 0.894. The van der Waals surface area contributed by atoms with E-state index in [1.165, 1.54) is 0 Å². The van der Waals surface area contributed by atoms with Gasteiger partial charge in [-0.1, -0.05) is 26.0 Å². The van der Waals surface area contributed by atoms with Crippen molar-refractivity contribution < 1.29 is 19.1 Å². The van der Waals surface area contributed by atoms with E-state index < -0.39 is 5.41 Å². The van der Waals surface area contributed by atoms with Crippen LogP contribution in [0.3, 0.4) is 0 Å². The molecule has 7 nitrogen and oxygen atoms in total. The first-order valence-corrected chi connectivity index (χ1v) is 10.8. The summed E-state index contributed by atoms with van der Waals surface area (Å²) in [5.74, 6) is -0.104. The van der Waals surface area contributed by atoms with E-state index in [1.807, 2.05) is 56.1 Å². The molecule has 1 aromatic heterocycles. The van der Waals surface area contributed by atoms with Crippen LogP contribution >= 0.6 is 0 Å². The average molecular weight is 432 g/mol. The van der Waals surface area contributed by atoms with Crippen LogP contribution in [0.2, 0.25) is 0 Å². The van der Waals surface area contributed by atoms with Gasteiger partial charge >= 0.3 is 5.97 Å². The zero-order valence-electron chi connectivity index (χ0n) is 19.7. The number of nitrogens with one attached hydrogen (secondary N) is 1. The molecule has 1 amide bonds. The van der Waals surface area contributed by atoms with Crippen LogP contribution in [0.15, 0.2) is 47.9 Å². The van der Waals surface area contributed by atoms with Crippen molar-refractivity contribution in [3.63, 3.8) is 0 Å². The quantitative estimate of drug-likeness (QED) is 0.473. The second-order valence-corrected chi connectivity index (χ2v) is 8.02. The highest BCUT2D eigenvalue weighted by atomic mass is 16.7. The van der Waals surface area contributed by atoms with Crippen LogP contribution in [-0.2, 0) is 25.5 Å². The van der Waals surface area contributed by atoms with Gasteiger partial charge in [0.15, 0.2) is 0 Å². The number of amides is 1. The van der Waals surface area contributed by atoms with E-state index in [-0.39, 0.29) is 18.7 Å². The molecule has 31 heavy (non-hydrogen) atoms. The number of allylic oxidation sites excluding steroid dienone is 2. The zero-order chi connectivity index (χ0) is 23.3. The predicted octanol–water partition coefficient (Wildman–Crippen LogP) is 3.82. The van der Waals surface area contributed by atoms with Crippen molar-refractivity contribution in [1.29, 1.82) is 0 Å². The number of ether oxygens (including phenoxy) is 2. The van der Waals surface area contributed by atoms with E-state index in [0.717, 1.165) is 31.5 Å². The van der Waals surface area contributed by atoms with Crippen LogP contribution in [0.1, 0.15) is 53.2 Å². The fourth-order valence-corrected chi connectivity index (χ4v) is 2.59. The lowest BCUT2D eigenvalue weighted by Gasteiger charge is -2.21. The van der Waals surface area contributed by atoms with Crippen LogP contribution in [0.25, 0.3) is 0 Å². The number of nitrogens with zero attached hydrogens (tertiary/aromatic N) is 2. The fourth-order valence-electron chi connectivity index (χ4n) is 2.59. The molecule has 0 spiro atoms. The van der Waals surface area contributed by atoms with Gasteiger partial charge in [-0.05, 0) is 58.9 Å². The topological polar surface area (TPSA) is 80.8 Å². The molecule has 0 saturated carbocycles. The van der Waals surface area contributed by atoms with Crippen molar-refractivity contribution >= 4 is 11.9 Å². The van der Waals surface area contributed by atoms with Gasteiger partial charge in [-0.3, -0.25) is 19.5 Å². The molecule has 1 aromatic rings. The summed E-state index contributed by atoms with van der Waals surface area (Å²) in [6, 6.07) is 5.84. The molecule has 1 aliphatic carbocycles. The third-order valence-corrected chi connectivity index (χ3v) is 4.36. The number of hydrogen-bond donors (Lipinski definition) is 1. The lowest BCUT2D eigenvalue weighted by atomic mass is 9.98. The number of rotatable bonds is 9. The first-order valence-electron chi connectivity index (χ1n) is 10.8. The molecule has 1 heterocycles. The highest BCUT2D eigenvalue weighted by molar-refractivity contribution is 5.97. The summed E-state index contributed by atoms with van der Waals surface area (Å²) in [4.78, 5) is 30.8. The van der Waals surface area contributed by atoms with Gasteiger partial charge in [-0.25, -0.2) is 0 Å². The summed E-state index contributed by atoms with van der Waals surface area (Å²) >= 11 is 0. The maximum atomic E-state index is 12.6. The van der Waals surface area contributed by atoms with Crippen molar-refractivity contribution in [2.24, 2.45) is 5.41 Å². The van der Waals surface area contributed by atoms with Gasteiger partial charge in [0.25, 0.3) is 5.91 Å². The molecule has 0 radical (unpaired) electrons. The fraction of sp³-hybridized carbons (Fsp3) is 0.542. The monoisotopic (exact) mass is 431 g/mol. The summed E-state index contributed by atoms with van der Waals surface area (Å²) < 4.78 is 10.7. The van der Waals surface area contributed by atoms with Gasteiger partial charge in [0.1, 0.15) is 5.76 Å². The van der Waals surface area contributed by atoms with Crippen LogP contribution < -0.4 is 5.32 Å². The Morgan fingerprint density at radius 1 is 1.16 bits per heavy atom. The Labute approximate surface area is 186 Å². The Kier molecular flexibility index (Phi) is 11.6. The van der Waals surface area contributed by atoms with Crippen LogP contribution in [0, 0.1) is 5.41 Å². The Balaban J connectivity index is 0.00000233. The summed E-state index contributed by atoms with van der Waals surface area (Å²) in [6.07, 6.45) is 7.84. The molecule has 0 aromatic carbocycles. The van der Waals surface area contributed by atoms with E-state index >= 15 is 0 Å². The Morgan fingerprint density at radius 2 is 1.87 bits per heavy atom. The largest absolute Gasteiger partial charge is 0.457 e. The molecule has 1 aliphatic rings. The van der Waals surface area contributed by atoms with Crippen LogP contribution in [0.4, 0.5) is 0 Å². The zero-order valence-corrected chi connectivity index (χ0v) is 19.7. The molecule has 172 valence electrons. The Bertz CT molecular complexity index is 752. The predicted molar refractivity (Wildman–Crippen MR) is 122 cm³/mol. The van der Waals surface area contributed by atoms with Gasteiger partial charge in [0.05, 0.1) is 17.7 Å².